The molecule has 0 radical (unpaired) electrons. The van der Waals surface area contributed by atoms with Crippen molar-refractivity contribution in [2.24, 2.45) is 0 Å². The largest absolute Gasteiger partial charge is 0.497 e. The molecular weight excluding hydrogens is 244 g/mol. The highest BCUT2D eigenvalue weighted by Gasteiger charge is 2.19. The predicted molar refractivity (Wildman–Crippen MR) is 72.4 cm³/mol. The molecule has 1 aliphatic heterocycles. The lowest BCUT2D eigenvalue weighted by Crippen LogP contribution is -2.35. The summed E-state index contributed by atoms with van der Waals surface area (Å²) in [6.45, 7) is 1.49. The fourth-order valence-electron chi connectivity index (χ4n) is 2.21. The smallest absolute Gasteiger partial charge is 0.220 e. The number of hydrogen-bond acceptors (Lipinski definition) is 4. The van der Waals surface area contributed by atoms with Crippen molar-refractivity contribution in [2.45, 2.75) is 25.4 Å². The van der Waals surface area contributed by atoms with Gasteiger partial charge in [0, 0.05) is 37.2 Å². The number of nitrogens with one attached hydrogen (secondary N) is 2. The molecule has 1 aromatic carbocycles. The van der Waals surface area contributed by atoms with Crippen LogP contribution in [0.5, 0.6) is 11.5 Å². The van der Waals surface area contributed by atoms with E-state index >= 15 is 0 Å². The molecule has 104 valence electrons. The molecule has 2 rings (SSSR count). The van der Waals surface area contributed by atoms with Crippen molar-refractivity contribution in [3.63, 3.8) is 0 Å². The molecule has 1 heterocycles. The summed E-state index contributed by atoms with van der Waals surface area (Å²) in [5.74, 6) is 1.74. The summed E-state index contributed by atoms with van der Waals surface area (Å²) < 4.78 is 10.5. The number of carbonyl (C=O) groups is 1. The SMILES string of the molecule is COc1ccc(CNCC2CCC(=O)N2)c(OC)c1. The molecule has 1 saturated heterocycles. The van der Waals surface area contributed by atoms with E-state index in [0.29, 0.717) is 13.0 Å². The summed E-state index contributed by atoms with van der Waals surface area (Å²) >= 11 is 0. The van der Waals surface area contributed by atoms with E-state index in [4.69, 9.17) is 9.47 Å². The van der Waals surface area contributed by atoms with Crippen LogP contribution in [0.4, 0.5) is 0 Å². The van der Waals surface area contributed by atoms with Crippen LogP contribution in [0, 0.1) is 0 Å². The molecule has 0 bridgehead atoms. The van der Waals surface area contributed by atoms with E-state index in [9.17, 15) is 4.79 Å². The van der Waals surface area contributed by atoms with Crippen molar-refractivity contribution >= 4 is 5.91 Å². The molecule has 5 nitrogen and oxygen atoms in total. The van der Waals surface area contributed by atoms with Gasteiger partial charge in [0.1, 0.15) is 11.5 Å². The van der Waals surface area contributed by atoms with E-state index in [0.717, 1.165) is 30.0 Å². The topological polar surface area (TPSA) is 59.6 Å². The standard InChI is InChI=1S/C14H20N2O3/c1-18-12-5-3-10(13(7-12)19-2)8-15-9-11-4-6-14(17)16-11/h3,5,7,11,15H,4,6,8-9H2,1-2H3,(H,16,17). The van der Waals surface area contributed by atoms with Crippen molar-refractivity contribution in [2.75, 3.05) is 20.8 Å². The maximum Gasteiger partial charge on any atom is 0.220 e. The third kappa shape index (κ3) is 3.61. The molecule has 1 fully saturated rings. The first-order valence-electron chi connectivity index (χ1n) is 6.44. The monoisotopic (exact) mass is 264 g/mol. The van der Waals surface area contributed by atoms with E-state index in [2.05, 4.69) is 10.6 Å². The second-order valence-corrected chi connectivity index (χ2v) is 4.61. The number of benzene rings is 1. The molecule has 1 aliphatic rings. The van der Waals surface area contributed by atoms with Gasteiger partial charge in [-0.15, -0.1) is 0 Å². The molecule has 0 aromatic heterocycles. The van der Waals surface area contributed by atoms with E-state index in [1.165, 1.54) is 0 Å². The highest BCUT2D eigenvalue weighted by molar-refractivity contribution is 5.78. The number of hydrogen-bond donors (Lipinski definition) is 2. The number of carbonyl (C=O) groups excluding carboxylic acids is 1. The fraction of sp³-hybridized carbons (Fsp3) is 0.500. The Morgan fingerprint density at radius 3 is 2.84 bits per heavy atom. The third-order valence-electron chi connectivity index (χ3n) is 3.29. The van der Waals surface area contributed by atoms with Crippen LogP contribution in [0.25, 0.3) is 0 Å². The summed E-state index contributed by atoms with van der Waals surface area (Å²) in [7, 11) is 3.28. The lowest BCUT2D eigenvalue weighted by Gasteiger charge is -2.14. The van der Waals surface area contributed by atoms with Crippen molar-refractivity contribution < 1.29 is 14.3 Å². The van der Waals surface area contributed by atoms with Gasteiger partial charge in [-0.2, -0.15) is 0 Å². The lowest BCUT2D eigenvalue weighted by molar-refractivity contribution is -0.119. The Bertz CT molecular complexity index is 448. The molecule has 2 N–H and O–H groups in total. The number of methoxy groups -OCH3 is 2. The molecule has 0 spiro atoms. The van der Waals surface area contributed by atoms with Gasteiger partial charge in [-0.1, -0.05) is 6.07 Å². The molecule has 1 aromatic rings. The number of amides is 1. The summed E-state index contributed by atoms with van der Waals surface area (Å²) in [6, 6.07) is 6.01. The zero-order valence-corrected chi connectivity index (χ0v) is 11.4. The van der Waals surface area contributed by atoms with Gasteiger partial charge in [0.15, 0.2) is 0 Å². The van der Waals surface area contributed by atoms with E-state index in [1.54, 1.807) is 14.2 Å². The lowest BCUT2D eigenvalue weighted by atomic mass is 10.1. The average molecular weight is 264 g/mol. The summed E-state index contributed by atoms with van der Waals surface area (Å²) in [4.78, 5) is 11.1. The molecule has 1 unspecified atom stereocenters. The molecule has 19 heavy (non-hydrogen) atoms. The second kappa shape index (κ2) is 6.43. The maximum absolute atomic E-state index is 11.1. The second-order valence-electron chi connectivity index (χ2n) is 4.61. The Labute approximate surface area is 113 Å². The minimum absolute atomic E-state index is 0.147. The molecule has 1 atom stereocenters. The van der Waals surface area contributed by atoms with Crippen LogP contribution < -0.4 is 20.1 Å². The van der Waals surface area contributed by atoms with Gasteiger partial charge in [0.05, 0.1) is 14.2 Å². The summed E-state index contributed by atoms with van der Waals surface area (Å²) in [5.41, 5.74) is 1.08. The van der Waals surface area contributed by atoms with Crippen LogP contribution in [0.2, 0.25) is 0 Å². The van der Waals surface area contributed by atoms with Crippen LogP contribution in [0.3, 0.4) is 0 Å². The molecule has 0 aliphatic carbocycles. The zero-order valence-electron chi connectivity index (χ0n) is 11.4. The molecule has 5 heteroatoms. The first kappa shape index (κ1) is 13.7. The molecular formula is C14H20N2O3. The van der Waals surface area contributed by atoms with Crippen molar-refractivity contribution in [1.29, 1.82) is 0 Å². The quantitative estimate of drug-likeness (QED) is 0.807. The van der Waals surface area contributed by atoms with Crippen molar-refractivity contribution in [1.82, 2.24) is 10.6 Å². The van der Waals surface area contributed by atoms with Gasteiger partial charge in [-0.25, -0.2) is 0 Å². The molecule has 1 amide bonds. The van der Waals surface area contributed by atoms with Gasteiger partial charge >= 0.3 is 0 Å². The van der Waals surface area contributed by atoms with Crippen LogP contribution >= 0.6 is 0 Å². The van der Waals surface area contributed by atoms with Gasteiger partial charge in [-0.05, 0) is 12.5 Å². The minimum Gasteiger partial charge on any atom is -0.497 e. The third-order valence-corrected chi connectivity index (χ3v) is 3.29. The number of rotatable bonds is 6. The van der Waals surface area contributed by atoms with E-state index in [-0.39, 0.29) is 11.9 Å². The highest BCUT2D eigenvalue weighted by Crippen LogP contribution is 2.24. The Morgan fingerprint density at radius 2 is 2.21 bits per heavy atom. The number of ether oxygens (including phenoxy) is 2. The Kier molecular flexibility index (Phi) is 4.63. The summed E-state index contributed by atoms with van der Waals surface area (Å²) in [5, 5.41) is 6.28. The van der Waals surface area contributed by atoms with Gasteiger partial charge in [-0.3, -0.25) is 4.79 Å². The average Bonchev–Trinajstić information content (AvgIpc) is 2.84. The molecule has 0 saturated carbocycles. The zero-order chi connectivity index (χ0) is 13.7. The Morgan fingerprint density at radius 1 is 1.37 bits per heavy atom. The van der Waals surface area contributed by atoms with Gasteiger partial charge in [0.25, 0.3) is 0 Å². The predicted octanol–water partition coefficient (Wildman–Crippen LogP) is 1.07. The van der Waals surface area contributed by atoms with Crippen LogP contribution in [-0.4, -0.2) is 32.7 Å². The first-order valence-corrected chi connectivity index (χ1v) is 6.44. The van der Waals surface area contributed by atoms with E-state index in [1.807, 2.05) is 18.2 Å². The Balaban J connectivity index is 1.86. The first-order chi connectivity index (χ1) is 9.22. The van der Waals surface area contributed by atoms with Crippen molar-refractivity contribution in [3.05, 3.63) is 23.8 Å². The van der Waals surface area contributed by atoms with Gasteiger partial charge in [0.2, 0.25) is 5.91 Å². The van der Waals surface area contributed by atoms with Crippen LogP contribution in [0.15, 0.2) is 18.2 Å². The Hall–Kier alpha value is -1.75. The van der Waals surface area contributed by atoms with E-state index < -0.39 is 0 Å². The fourth-order valence-corrected chi connectivity index (χ4v) is 2.21. The van der Waals surface area contributed by atoms with Crippen LogP contribution in [-0.2, 0) is 11.3 Å². The van der Waals surface area contributed by atoms with Crippen LogP contribution in [0.1, 0.15) is 18.4 Å². The van der Waals surface area contributed by atoms with Crippen molar-refractivity contribution in [3.8, 4) is 11.5 Å². The normalized spacial score (nSPS) is 18.2. The minimum atomic E-state index is 0.147. The maximum atomic E-state index is 11.1. The highest BCUT2D eigenvalue weighted by atomic mass is 16.5. The van der Waals surface area contributed by atoms with Gasteiger partial charge < -0.3 is 20.1 Å². The summed E-state index contributed by atoms with van der Waals surface area (Å²) in [6.07, 6.45) is 1.55.